The van der Waals surface area contributed by atoms with Crippen molar-refractivity contribution in [3.63, 3.8) is 0 Å². The van der Waals surface area contributed by atoms with E-state index in [0.29, 0.717) is 12.8 Å². The fraction of sp³-hybridized carbons (Fsp3) is 0.800. The third-order valence-corrected chi connectivity index (χ3v) is 3.30. The summed E-state index contributed by atoms with van der Waals surface area (Å²) in [7, 11) is 0. The van der Waals surface area contributed by atoms with Gasteiger partial charge in [0.2, 0.25) is 0 Å². The molecule has 0 heterocycles. The van der Waals surface area contributed by atoms with Crippen molar-refractivity contribution in [3.8, 4) is 18.2 Å². The summed E-state index contributed by atoms with van der Waals surface area (Å²) in [6, 6.07) is 6.71. The van der Waals surface area contributed by atoms with Crippen LogP contribution >= 0.6 is 0 Å². The zero-order valence-electron chi connectivity index (χ0n) is 11.4. The van der Waals surface area contributed by atoms with Crippen molar-refractivity contribution in [2.75, 3.05) is 0 Å². The Morgan fingerprint density at radius 3 is 1.50 bits per heavy atom. The van der Waals surface area contributed by atoms with Crippen molar-refractivity contribution in [1.29, 1.82) is 15.8 Å². The van der Waals surface area contributed by atoms with Gasteiger partial charge in [0, 0.05) is 12.8 Å². The minimum absolute atomic E-state index is 0.223. The average Bonchev–Trinajstić information content (AvgIpc) is 2.38. The molecule has 0 bridgehead atoms. The van der Waals surface area contributed by atoms with Crippen molar-refractivity contribution in [2.45, 2.75) is 71.1 Å². The summed E-state index contributed by atoms with van der Waals surface area (Å²) in [6.07, 6.45) is 9.13. The molecule has 0 rings (SSSR count). The first-order valence-electron chi connectivity index (χ1n) is 6.84. The molecular formula is C15H23N3. The number of rotatable bonds is 10. The molecule has 18 heavy (non-hydrogen) atoms. The molecule has 0 saturated carbocycles. The summed E-state index contributed by atoms with van der Waals surface area (Å²) < 4.78 is 0. The minimum Gasteiger partial charge on any atom is -0.198 e. The topological polar surface area (TPSA) is 71.4 Å². The first-order valence-corrected chi connectivity index (χ1v) is 6.84. The van der Waals surface area contributed by atoms with Crippen LogP contribution in [-0.4, -0.2) is 0 Å². The van der Waals surface area contributed by atoms with Crippen LogP contribution in [0.25, 0.3) is 0 Å². The van der Waals surface area contributed by atoms with Crippen molar-refractivity contribution in [1.82, 2.24) is 0 Å². The Morgan fingerprint density at radius 1 is 0.722 bits per heavy atom. The van der Waals surface area contributed by atoms with Gasteiger partial charge in [-0.2, -0.15) is 15.8 Å². The Hall–Kier alpha value is -1.53. The van der Waals surface area contributed by atoms with Crippen LogP contribution in [0.3, 0.4) is 0 Å². The van der Waals surface area contributed by atoms with E-state index in [-0.39, 0.29) is 5.41 Å². The molecule has 0 unspecified atom stereocenters. The minimum atomic E-state index is -0.223. The van der Waals surface area contributed by atoms with E-state index in [0.717, 1.165) is 51.4 Å². The molecule has 3 heteroatoms. The summed E-state index contributed by atoms with van der Waals surface area (Å²) in [5, 5.41) is 26.1. The Balaban J connectivity index is 3.73. The van der Waals surface area contributed by atoms with E-state index in [4.69, 9.17) is 10.5 Å². The molecule has 0 atom stereocenters. The van der Waals surface area contributed by atoms with Crippen LogP contribution in [0.1, 0.15) is 71.1 Å². The fourth-order valence-electron chi connectivity index (χ4n) is 2.03. The molecule has 0 saturated heterocycles. The van der Waals surface area contributed by atoms with E-state index in [1.807, 2.05) is 6.92 Å². The molecule has 0 N–H and O–H groups in total. The van der Waals surface area contributed by atoms with Gasteiger partial charge in [0.15, 0.2) is 0 Å². The lowest BCUT2D eigenvalue weighted by Gasteiger charge is -2.21. The third kappa shape index (κ3) is 8.60. The van der Waals surface area contributed by atoms with Crippen molar-refractivity contribution in [3.05, 3.63) is 0 Å². The molecule has 0 radical (unpaired) electrons. The first kappa shape index (κ1) is 16.5. The highest BCUT2D eigenvalue weighted by atomic mass is 14.3. The second-order valence-corrected chi connectivity index (χ2v) is 5.11. The summed E-state index contributed by atoms with van der Waals surface area (Å²) in [5.74, 6) is 0. The van der Waals surface area contributed by atoms with E-state index >= 15 is 0 Å². The lowest BCUT2D eigenvalue weighted by Crippen LogP contribution is -2.13. The monoisotopic (exact) mass is 245 g/mol. The van der Waals surface area contributed by atoms with E-state index in [1.165, 1.54) is 0 Å². The highest BCUT2D eigenvalue weighted by molar-refractivity contribution is 4.95. The van der Waals surface area contributed by atoms with E-state index in [1.54, 1.807) is 0 Å². The highest BCUT2D eigenvalue weighted by Gasteiger charge is 2.22. The number of hydrogen-bond acceptors (Lipinski definition) is 3. The molecule has 0 amide bonds. The molecule has 0 spiro atoms. The van der Waals surface area contributed by atoms with Gasteiger partial charge < -0.3 is 0 Å². The summed E-state index contributed by atoms with van der Waals surface area (Å²) in [4.78, 5) is 0. The SMILES string of the molecule is CC(C#N)(CCCCCC#N)CCCCCC#N. The Bertz CT molecular complexity index is 303. The molecule has 0 aliphatic heterocycles. The fourth-order valence-corrected chi connectivity index (χ4v) is 2.03. The maximum absolute atomic E-state index is 9.24. The molecule has 0 fully saturated rings. The van der Waals surface area contributed by atoms with Crippen LogP contribution in [0.5, 0.6) is 0 Å². The van der Waals surface area contributed by atoms with Gasteiger partial charge in [-0.1, -0.05) is 25.7 Å². The summed E-state index contributed by atoms with van der Waals surface area (Å²) in [6.45, 7) is 2.03. The quantitative estimate of drug-likeness (QED) is 0.533. The van der Waals surface area contributed by atoms with Crippen molar-refractivity contribution >= 4 is 0 Å². The Labute approximate surface area is 111 Å². The zero-order valence-corrected chi connectivity index (χ0v) is 11.4. The van der Waals surface area contributed by atoms with Gasteiger partial charge in [-0.05, 0) is 32.6 Å². The van der Waals surface area contributed by atoms with E-state index in [9.17, 15) is 5.26 Å². The summed E-state index contributed by atoms with van der Waals surface area (Å²) in [5.41, 5.74) is -0.223. The van der Waals surface area contributed by atoms with Crippen LogP contribution in [-0.2, 0) is 0 Å². The first-order chi connectivity index (χ1) is 8.68. The van der Waals surface area contributed by atoms with Gasteiger partial charge in [-0.3, -0.25) is 0 Å². The van der Waals surface area contributed by atoms with E-state index in [2.05, 4.69) is 18.2 Å². The molecule has 0 aromatic heterocycles. The normalized spacial score (nSPS) is 10.3. The molecule has 0 aromatic rings. The third-order valence-electron chi connectivity index (χ3n) is 3.30. The van der Waals surface area contributed by atoms with Gasteiger partial charge >= 0.3 is 0 Å². The molecule has 0 aliphatic carbocycles. The summed E-state index contributed by atoms with van der Waals surface area (Å²) >= 11 is 0. The number of nitriles is 3. The second kappa shape index (κ2) is 10.6. The molecule has 0 aliphatic rings. The second-order valence-electron chi connectivity index (χ2n) is 5.11. The average molecular weight is 245 g/mol. The van der Waals surface area contributed by atoms with Gasteiger partial charge in [0.05, 0.1) is 23.6 Å². The smallest absolute Gasteiger partial charge is 0.0686 e. The predicted molar refractivity (Wildman–Crippen MR) is 71.1 cm³/mol. The maximum Gasteiger partial charge on any atom is 0.0686 e. The largest absolute Gasteiger partial charge is 0.198 e. The van der Waals surface area contributed by atoms with Crippen LogP contribution in [0.4, 0.5) is 0 Å². The lowest BCUT2D eigenvalue weighted by molar-refractivity contribution is 0.341. The maximum atomic E-state index is 9.24. The lowest BCUT2D eigenvalue weighted by atomic mass is 9.81. The van der Waals surface area contributed by atoms with Gasteiger partial charge in [-0.25, -0.2) is 0 Å². The molecular weight excluding hydrogens is 222 g/mol. The molecule has 98 valence electrons. The van der Waals surface area contributed by atoms with E-state index < -0.39 is 0 Å². The number of unbranched alkanes of at least 4 members (excludes halogenated alkanes) is 6. The standard InChI is InChI=1S/C15H23N3/c1-15(14-18,10-6-2-4-8-12-16)11-7-3-5-9-13-17/h2-11H2,1H3. The predicted octanol–water partition coefficient (Wildman–Crippen LogP) is 4.46. The van der Waals surface area contributed by atoms with Crippen LogP contribution in [0.2, 0.25) is 0 Å². The zero-order chi connectivity index (χ0) is 13.7. The van der Waals surface area contributed by atoms with Crippen LogP contribution < -0.4 is 0 Å². The van der Waals surface area contributed by atoms with Crippen molar-refractivity contribution in [2.24, 2.45) is 5.41 Å². The van der Waals surface area contributed by atoms with Crippen molar-refractivity contribution < 1.29 is 0 Å². The highest BCUT2D eigenvalue weighted by Crippen LogP contribution is 2.30. The molecule has 0 aromatic carbocycles. The van der Waals surface area contributed by atoms with Crippen LogP contribution in [0.15, 0.2) is 0 Å². The van der Waals surface area contributed by atoms with Crippen LogP contribution in [0, 0.1) is 39.4 Å². The van der Waals surface area contributed by atoms with Gasteiger partial charge in [0.25, 0.3) is 0 Å². The Kier molecular flexibility index (Phi) is 9.71. The Morgan fingerprint density at radius 2 is 1.17 bits per heavy atom. The van der Waals surface area contributed by atoms with Gasteiger partial charge in [0.1, 0.15) is 0 Å². The van der Waals surface area contributed by atoms with Gasteiger partial charge in [-0.15, -0.1) is 0 Å². The number of hydrogen-bond donors (Lipinski definition) is 0. The number of nitrogens with zero attached hydrogens (tertiary/aromatic N) is 3. The molecule has 3 nitrogen and oxygen atoms in total.